The summed E-state index contributed by atoms with van der Waals surface area (Å²) in [4.78, 5) is 1.39. The first kappa shape index (κ1) is 13.0. The van der Waals surface area contributed by atoms with Crippen molar-refractivity contribution in [3.63, 3.8) is 0 Å². The van der Waals surface area contributed by atoms with Gasteiger partial charge in [0, 0.05) is 16.8 Å². The van der Waals surface area contributed by atoms with Crippen LogP contribution in [0.5, 0.6) is 0 Å². The maximum absolute atomic E-state index is 6.07. The molecule has 0 spiro atoms. The van der Waals surface area contributed by atoms with Crippen LogP contribution in [0.3, 0.4) is 0 Å². The largest absolute Gasteiger partial charge is 0.397 e. The topological polar surface area (TPSA) is 38.0 Å². The van der Waals surface area contributed by atoms with Crippen LogP contribution in [-0.2, 0) is 5.41 Å². The van der Waals surface area contributed by atoms with Crippen molar-refractivity contribution in [1.29, 1.82) is 0 Å². The molecule has 0 saturated heterocycles. The van der Waals surface area contributed by atoms with Crippen molar-refractivity contribution in [1.82, 2.24) is 0 Å². The summed E-state index contributed by atoms with van der Waals surface area (Å²) < 4.78 is 0. The van der Waals surface area contributed by atoms with Gasteiger partial charge in [-0.05, 0) is 30.0 Å². The molecule has 0 aliphatic rings. The van der Waals surface area contributed by atoms with E-state index < -0.39 is 0 Å². The van der Waals surface area contributed by atoms with Crippen molar-refractivity contribution >= 4 is 22.7 Å². The Kier molecular flexibility index (Phi) is 3.62. The summed E-state index contributed by atoms with van der Waals surface area (Å²) in [6.07, 6.45) is 0. The first-order valence-corrected chi connectivity index (χ1v) is 7.01. The summed E-state index contributed by atoms with van der Waals surface area (Å²) in [6, 6.07) is 10.4. The van der Waals surface area contributed by atoms with E-state index in [0.717, 1.165) is 23.5 Å². The maximum atomic E-state index is 6.07. The number of aryl methyl sites for hydroxylation is 1. The molecule has 0 unspecified atom stereocenters. The Morgan fingerprint density at radius 2 is 2.00 bits per heavy atom. The van der Waals surface area contributed by atoms with E-state index in [4.69, 9.17) is 5.73 Å². The van der Waals surface area contributed by atoms with Crippen molar-refractivity contribution < 1.29 is 0 Å². The molecule has 1 aromatic carbocycles. The molecule has 18 heavy (non-hydrogen) atoms. The van der Waals surface area contributed by atoms with E-state index in [2.05, 4.69) is 36.7 Å². The zero-order valence-electron chi connectivity index (χ0n) is 11.2. The number of hydrogen-bond acceptors (Lipinski definition) is 3. The van der Waals surface area contributed by atoms with Gasteiger partial charge in [-0.25, -0.2) is 0 Å². The number of nitrogen functional groups attached to an aromatic ring is 1. The van der Waals surface area contributed by atoms with Gasteiger partial charge in [-0.3, -0.25) is 0 Å². The molecule has 0 aliphatic carbocycles. The lowest BCUT2D eigenvalue weighted by atomic mass is 9.91. The minimum absolute atomic E-state index is 0.115. The third kappa shape index (κ3) is 2.67. The van der Waals surface area contributed by atoms with Crippen molar-refractivity contribution in [2.24, 2.45) is 0 Å². The quantitative estimate of drug-likeness (QED) is 0.815. The third-order valence-electron chi connectivity index (χ3n) is 3.23. The molecule has 0 amide bonds. The average molecular weight is 260 g/mol. The van der Waals surface area contributed by atoms with Crippen molar-refractivity contribution in [2.45, 2.75) is 26.2 Å². The summed E-state index contributed by atoms with van der Waals surface area (Å²) in [5.41, 5.74) is 9.18. The van der Waals surface area contributed by atoms with Gasteiger partial charge in [0.15, 0.2) is 0 Å². The van der Waals surface area contributed by atoms with Crippen LogP contribution in [0.15, 0.2) is 35.7 Å². The number of nitrogens with two attached hydrogens (primary N) is 1. The summed E-state index contributed by atoms with van der Waals surface area (Å²) in [7, 11) is 0. The SMILES string of the molecule is Cc1cccc(NCC(C)(C)c2cccs2)c1N. The molecule has 3 heteroatoms. The Morgan fingerprint density at radius 1 is 1.22 bits per heavy atom. The summed E-state index contributed by atoms with van der Waals surface area (Å²) in [5, 5.41) is 5.59. The summed E-state index contributed by atoms with van der Waals surface area (Å²) in [5.74, 6) is 0. The van der Waals surface area contributed by atoms with Crippen LogP contribution in [0.1, 0.15) is 24.3 Å². The molecule has 0 aliphatic heterocycles. The zero-order chi connectivity index (χ0) is 13.2. The van der Waals surface area contributed by atoms with Crippen LogP contribution in [0.4, 0.5) is 11.4 Å². The van der Waals surface area contributed by atoms with E-state index in [1.165, 1.54) is 4.88 Å². The lowest BCUT2D eigenvalue weighted by molar-refractivity contribution is 0.569. The maximum Gasteiger partial charge on any atom is 0.0579 e. The molecule has 3 N–H and O–H groups in total. The number of anilines is 2. The number of benzene rings is 1. The Bertz CT molecular complexity index is 515. The van der Waals surface area contributed by atoms with Gasteiger partial charge in [0.2, 0.25) is 0 Å². The van der Waals surface area contributed by atoms with E-state index in [9.17, 15) is 0 Å². The average Bonchev–Trinajstić information content (AvgIpc) is 2.85. The first-order valence-electron chi connectivity index (χ1n) is 6.13. The predicted octanol–water partition coefficient (Wildman–Crippen LogP) is 4.03. The fourth-order valence-electron chi connectivity index (χ4n) is 1.90. The fraction of sp³-hybridized carbons (Fsp3) is 0.333. The van der Waals surface area contributed by atoms with E-state index in [1.54, 1.807) is 11.3 Å². The normalized spacial score (nSPS) is 11.5. The van der Waals surface area contributed by atoms with Crippen molar-refractivity contribution in [2.75, 3.05) is 17.6 Å². The van der Waals surface area contributed by atoms with Crippen LogP contribution >= 0.6 is 11.3 Å². The molecule has 96 valence electrons. The lowest BCUT2D eigenvalue weighted by Crippen LogP contribution is -2.26. The highest BCUT2D eigenvalue weighted by molar-refractivity contribution is 7.10. The number of hydrogen-bond donors (Lipinski definition) is 2. The highest BCUT2D eigenvalue weighted by Gasteiger charge is 2.21. The fourth-order valence-corrected chi connectivity index (χ4v) is 2.75. The highest BCUT2D eigenvalue weighted by Crippen LogP contribution is 2.29. The second-order valence-electron chi connectivity index (χ2n) is 5.25. The Morgan fingerprint density at radius 3 is 2.67 bits per heavy atom. The second-order valence-corrected chi connectivity index (χ2v) is 6.20. The molecule has 0 bridgehead atoms. The predicted molar refractivity (Wildman–Crippen MR) is 81.4 cm³/mol. The van der Waals surface area contributed by atoms with Gasteiger partial charge in [0.05, 0.1) is 11.4 Å². The highest BCUT2D eigenvalue weighted by atomic mass is 32.1. The molecule has 0 radical (unpaired) electrons. The van der Waals surface area contributed by atoms with E-state index >= 15 is 0 Å². The minimum Gasteiger partial charge on any atom is -0.397 e. The van der Waals surface area contributed by atoms with Crippen molar-refractivity contribution in [3.8, 4) is 0 Å². The smallest absolute Gasteiger partial charge is 0.0579 e. The Labute approximate surface area is 113 Å². The molecule has 2 rings (SSSR count). The lowest BCUT2D eigenvalue weighted by Gasteiger charge is -2.25. The monoisotopic (exact) mass is 260 g/mol. The first-order chi connectivity index (χ1) is 8.50. The van der Waals surface area contributed by atoms with Gasteiger partial charge >= 0.3 is 0 Å². The van der Waals surface area contributed by atoms with Gasteiger partial charge in [-0.1, -0.05) is 32.0 Å². The third-order valence-corrected chi connectivity index (χ3v) is 4.47. The van der Waals surface area contributed by atoms with Crippen LogP contribution in [0.2, 0.25) is 0 Å². The molecular formula is C15H20N2S. The van der Waals surface area contributed by atoms with E-state index in [-0.39, 0.29) is 5.41 Å². The van der Waals surface area contributed by atoms with Gasteiger partial charge in [0.25, 0.3) is 0 Å². The van der Waals surface area contributed by atoms with Crippen LogP contribution in [-0.4, -0.2) is 6.54 Å². The van der Waals surface area contributed by atoms with Gasteiger partial charge in [-0.2, -0.15) is 0 Å². The molecule has 2 aromatic rings. The Balaban J connectivity index is 2.10. The Hall–Kier alpha value is -1.48. The van der Waals surface area contributed by atoms with Gasteiger partial charge in [-0.15, -0.1) is 11.3 Å². The molecule has 0 saturated carbocycles. The van der Waals surface area contributed by atoms with E-state index in [1.807, 2.05) is 25.1 Å². The molecule has 0 fully saturated rings. The standard InChI is InChI=1S/C15H20N2S/c1-11-6-4-7-12(14(11)16)17-10-15(2,3)13-8-5-9-18-13/h4-9,17H,10,16H2,1-3H3. The van der Waals surface area contributed by atoms with Crippen LogP contribution in [0, 0.1) is 6.92 Å². The second kappa shape index (κ2) is 5.02. The van der Waals surface area contributed by atoms with Gasteiger partial charge in [0.1, 0.15) is 0 Å². The number of nitrogens with one attached hydrogen (secondary N) is 1. The number of para-hydroxylation sites is 1. The molecule has 0 atom stereocenters. The number of rotatable bonds is 4. The van der Waals surface area contributed by atoms with Crippen molar-refractivity contribution in [3.05, 3.63) is 46.2 Å². The molecule has 1 heterocycles. The molecule has 2 nitrogen and oxygen atoms in total. The molecular weight excluding hydrogens is 240 g/mol. The van der Waals surface area contributed by atoms with E-state index in [0.29, 0.717) is 0 Å². The van der Waals surface area contributed by atoms with Gasteiger partial charge < -0.3 is 11.1 Å². The zero-order valence-corrected chi connectivity index (χ0v) is 12.0. The van der Waals surface area contributed by atoms with Crippen LogP contribution in [0.25, 0.3) is 0 Å². The van der Waals surface area contributed by atoms with Crippen LogP contribution < -0.4 is 11.1 Å². The minimum atomic E-state index is 0.115. The summed E-state index contributed by atoms with van der Waals surface area (Å²) in [6.45, 7) is 7.40. The summed E-state index contributed by atoms with van der Waals surface area (Å²) >= 11 is 1.80. The number of thiophene rings is 1. The molecule has 1 aromatic heterocycles.